The number of hydrogen-bond donors (Lipinski definition) is 2. The summed E-state index contributed by atoms with van der Waals surface area (Å²) in [4.78, 5) is 45.7. The van der Waals surface area contributed by atoms with Crippen molar-refractivity contribution in [1.82, 2.24) is 29.7 Å². The van der Waals surface area contributed by atoms with Crippen LogP contribution in [0.1, 0.15) is 35.0 Å². The minimum atomic E-state index is -0.730. The molecule has 1 saturated heterocycles. The van der Waals surface area contributed by atoms with E-state index in [0.29, 0.717) is 50.0 Å². The van der Waals surface area contributed by atoms with Crippen molar-refractivity contribution in [3.63, 3.8) is 0 Å². The molecule has 1 unspecified atom stereocenters. The largest absolute Gasteiger partial charge is 0.481 e. The number of thiazole rings is 1. The number of rotatable bonds is 10. The SMILES string of the molecule is CCN(C)CC(=O)N1Cc2nc(-c3cccc(-c4cccc(Nc5nccc6cc(CN7CCC(C(=O)O)C7)cnc56)c4Cl)c3C)sc2C1. The molecule has 3 aromatic heterocycles. The van der Waals surface area contributed by atoms with Crippen LogP contribution in [-0.4, -0.2) is 79.9 Å². The van der Waals surface area contributed by atoms with Crippen molar-refractivity contribution in [2.75, 3.05) is 38.5 Å². The Hall–Kier alpha value is -4.42. The number of aromatic nitrogens is 3. The normalized spacial score (nSPS) is 16.1. The average molecular weight is 696 g/mol. The van der Waals surface area contributed by atoms with E-state index in [1.165, 1.54) is 0 Å². The number of likely N-dealkylation sites (N-methyl/N-ethyl adjacent to an activating group) is 1. The smallest absolute Gasteiger partial charge is 0.307 e. The molecule has 5 heterocycles. The molecule has 12 heteroatoms. The van der Waals surface area contributed by atoms with Crippen LogP contribution < -0.4 is 5.32 Å². The maximum atomic E-state index is 12.7. The number of benzene rings is 2. The number of nitrogens with one attached hydrogen (secondary N) is 1. The summed E-state index contributed by atoms with van der Waals surface area (Å²) in [5.74, 6) is -0.305. The van der Waals surface area contributed by atoms with E-state index in [2.05, 4.69) is 40.3 Å². The van der Waals surface area contributed by atoms with Crippen molar-refractivity contribution in [3.05, 3.63) is 87.6 Å². The lowest BCUT2D eigenvalue weighted by atomic mass is 9.96. The highest BCUT2D eigenvalue weighted by atomic mass is 35.5. The third kappa shape index (κ3) is 6.76. The standard InChI is InChI=1S/C37H38ClN7O3S/c1-4-43(3)21-32(46)45-19-30-31(20-45)49-36(42-30)27-8-5-7-26(22(27)2)28-9-6-10-29(33(28)38)41-35-34-24(11-13-39-35)15-23(16-40-34)17-44-14-12-25(18-44)37(47)48/h5-11,13,15-16,25H,4,12,14,17-21H2,1-3H3,(H,39,41)(H,47,48). The first-order valence-electron chi connectivity index (χ1n) is 16.5. The van der Waals surface area contributed by atoms with E-state index in [0.717, 1.165) is 73.1 Å². The van der Waals surface area contributed by atoms with Gasteiger partial charge in [-0.1, -0.05) is 48.9 Å². The van der Waals surface area contributed by atoms with Gasteiger partial charge in [0.25, 0.3) is 0 Å². The Morgan fingerprint density at radius 2 is 1.90 bits per heavy atom. The summed E-state index contributed by atoms with van der Waals surface area (Å²) in [6.45, 7) is 8.52. The zero-order valence-electron chi connectivity index (χ0n) is 27.7. The van der Waals surface area contributed by atoms with E-state index < -0.39 is 5.97 Å². The Balaban J connectivity index is 1.10. The minimum absolute atomic E-state index is 0.131. The number of carbonyl (C=O) groups is 2. The van der Waals surface area contributed by atoms with Crippen LogP contribution in [0.15, 0.2) is 60.9 Å². The van der Waals surface area contributed by atoms with E-state index >= 15 is 0 Å². The zero-order valence-corrected chi connectivity index (χ0v) is 29.3. The van der Waals surface area contributed by atoms with Gasteiger partial charge in [-0.05, 0) is 68.4 Å². The molecule has 0 radical (unpaired) electrons. The second-order valence-corrected chi connectivity index (χ2v) is 14.3. The van der Waals surface area contributed by atoms with Gasteiger partial charge < -0.3 is 15.3 Å². The van der Waals surface area contributed by atoms with E-state index in [1.807, 2.05) is 60.3 Å². The molecule has 1 fully saturated rings. The fraction of sp³-hybridized carbons (Fsp3) is 0.324. The fourth-order valence-electron chi connectivity index (χ4n) is 6.62. The number of aliphatic carboxylic acids is 1. The third-order valence-corrected chi connectivity index (χ3v) is 11.1. The Labute approximate surface area is 294 Å². The van der Waals surface area contributed by atoms with E-state index in [1.54, 1.807) is 17.5 Å². The molecular formula is C37H38ClN7O3S. The number of likely N-dealkylation sites (tertiary alicyclic amines) is 1. The molecular weight excluding hydrogens is 658 g/mol. The molecule has 0 spiro atoms. The van der Waals surface area contributed by atoms with Crippen LogP contribution in [0.3, 0.4) is 0 Å². The lowest BCUT2D eigenvalue weighted by molar-refractivity contribution is -0.141. The van der Waals surface area contributed by atoms with Gasteiger partial charge in [0.15, 0.2) is 5.82 Å². The van der Waals surface area contributed by atoms with Gasteiger partial charge in [-0.25, -0.2) is 9.97 Å². The van der Waals surface area contributed by atoms with Crippen molar-refractivity contribution in [1.29, 1.82) is 0 Å². The molecule has 10 nitrogen and oxygen atoms in total. The van der Waals surface area contributed by atoms with Crippen molar-refractivity contribution in [2.45, 2.75) is 39.9 Å². The van der Waals surface area contributed by atoms with Crippen molar-refractivity contribution in [2.24, 2.45) is 5.92 Å². The lowest BCUT2D eigenvalue weighted by Gasteiger charge is -2.20. The first-order chi connectivity index (χ1) is 23.7. The van der Waals surface area contributed by atoms with Gasteiger partial charge in [0.05, 0.1) is 42.0 Å². The lowest BCUT2D eigenvalue weighted by Crippen LogP contribution is -2.35. The van der Waals surface area contributed by atoms with Gasteiger partial charge in [-0.3, -0.25) is 24.4 Å². The summed E-state index contributed by atoms with van der Waals surface area (Å²) in [5, 5.41) is 15.3. The van der Waals surface area contributed by atoms with Gasteiger partial charge in [0.2, 0.25) is 5.91 Å². The third-order valence-electron chi connectivity index (χ3n) is 9.54. The Morgan fingerprint density at radius 1 is 1.10 bits per heavy atom. The number of carboxylic acids is 1. The Morgan fingerprint density at radius 3 is 2.67 bits per heavy atom. The maximum absolute atomic E-state index is 12.7. The highest BCUT2D eigenvalue weighted by molar-refractivity contribution is 7.15. The number of hydrogen-bond acceptors (Lipinski definition) is 9. The zero-order chi connectivity index (χ0) is 34.2. The summed E-state index contributed by atoms with van der Waals surface area (Å²) >= 11 is 8.76. The Bertz CT molecular complexity index is 2040. The summed E-state index contributed by atoms with van der Waals surface area (Å²) in [5.41, 5.74) is 7.50. The number of carboxylic acid groups (broad SMARTS) is 1. The second-order valence-electron chi connectivity index (χ2n) is 12.9. The van der Waals surface area contributed by atoms with Crippen molar-refractivity contribution in [3.8, 4) is 21.7 Å². The Kier molecular flexibility index (Phi) is 9.34. The number of anilines is 2. The number of fused-ring (bicyclic) bond motifs is 2. The van der Waals surface area contributed by atoms with Gasteiger partial charge in [-0.15, -0.1) is 11.3 Å². The molecule has 0 saturated carbocycles. The van der Waals surface area contributed by atoms with Gasteiger partial charge in [0.1, 0.15) is 10.5 Å². The highest BCUT2D eigenvalue weighted by Gasteiger charge is 2.29. The second kappa shape index (κ2) is 13.8. The fourth-order valence-corrected chi connectivity index (χ4v) is 8.06. The van der Waals surface area contributed by atoms with Crippen LogP contribution in [0.5, 0.6) is 0 Å². The summed E-state index contributed by atoms with van der Waals surface area (Å²) in [6, 6.07) is 16.2. The minimum Gasteiger partial charge on any atom is -0.481 e. The molecule has 252 valence electrons. The number of carbonyl (C=O) groups excluding carboxylic acids is 1. The summed E-state index contributed by atoms with van der Waals surface area (Å²) in [7, 11) is 1.96. The van der Waals surface area contributed by atoms with Gasteiger partial charge in [-0.2, -0.15) is 0 Å². The average Bonchev–Trinajstić information content (AvgIpc) is 3.82. The molecule has 2 aromatic carbocycles. The van der Waals surface area contributed by atoms with Gasteiger partial charge >= 0.3 is 5.97 Å². The molecule has 5 aromatic rings. The monoisotopic (exact) mass is 695 g/mol. The van der Waals surface area contributed by atoms with Gasteiger partial charge in [0, 0.05) is 46.9 Å². The predicted octanol–water partition coefficient (Wildman–Crippen LogP) is 6.83. The van der Waals surface area contributed by atoms with Crippen LogP contribution in [0.2, 0.25) is 5.02 Å². The van der Waals surface area contributed by atoms with Crippen LogP contribution in [0, 0.1) is 12.8 Å². The predicted molar refractivity (Wildman–Crippen MR) is 194 cm³/mol. The molecule has 0 aliphatic carbocycles. The molecule has 0 bridgehead atoms. The van der Waals surface area contributed by atoms with Crippen LogP contribution in [-0.2, 0) is 29.2 Å². The first kappa shape index (κ1) is 33.1. The molecule has 1 amide bonds. The van der Waals surface area contributed by atoms with E-state index in [-0.39, 0.29) is 11.8 Å². The van der Waals surface area contributed by atoms with Crippen LogP contribution >= 0.6 is 22.9 Å². The topological polar surface area (TPSA) is 115 Å². The molecule has 2 aliphatic heterocycles. The van der Waals surface area contributed by atoms with E-state index in [4.69, 9.17) is 21.6 Å². The number of amides is 1. The number of pyridine rings is 2. The molecule has 2 N–H and O–H groups in total. The molecule has 2 aliphatic rings. The molecule has 7 rings (SSSR count). The summed E-state index contributed by atoms with van der Waals surface area (Å²) < 4.78 is 0. The van der Waals surface area contributed by atoms with Crippen LogP contribution in [0.25, 0.3) is 32.6 Å². The number of nitrogens with zero attached hydrogens (tertiary/aromatic N) is 6. The number of halogens is 1. The summed E-state index contributed by atoms with van der Waals surface area (Å²) in [6.07, 6.45) is 4.26. The maximum Gasteiger partial charge on any atom is 0.307 e. The van der Waals surface area contributed by atoms with Crippen molar-refractivity contribution >= 4 is 57.2 Å². The van der Waals surface area contributed by atoms with Crippen molar-refractivity contribution < 1.29 is 14.7 Å². The van der Waals surface area contributed by atoms with E-state index in [9.17, 15) is 14.7 Å². The quantitative estimate of drug-likeness (QED) is 0.162. The highest BCUT2D eigenvalue weighted by Crippen LogP contribution is 2.41. The molecule has 49 heavy (non-hydrogen) atoms. The molecule has 1 atom stereocenters. The van der Waals surface area contributed by atoms with Crippen LogP contribution in [0.4, 0.5) is 11.5 Å². The first-order valence-corrected chi connectivity index (χ1v) is 17.7.